The van der Waals surface area contributed by atoms with Crippen molar-refractivity contribution in [2.75, 3.05) is 18.6 Å². The number of ether oxygens (including phenoxy) is 1. The maximum Gasteiger partial charge on any atom is 0.332 e. The Morgan fingerprint density at radius 3 is 2.43 bits per heavy atom. The summed E-state index contributed by atoms with van der Waals surface area (Å²) < 4.78 is 8.97. The van der Waals surface area contributed by atoms with E-state index in [0.29, 0.717) is 22.3 Å². The lowest BCUT2D eigenvalue weighted by atomic mass is 10.2. The van der Waals surface area contributed by atoms with Gasteiger partial charge in [0.25, 0.3) is 11.1 Å². The molecule has 0 fully saturated rings. The SMILES string of the molecule is COc1ccccc1-n1c(SCC(=O)c2c(N)n(CC(C)C)c(=O)n(C)c2=O)nc2ccccc2c1=O. The Kier molecular flexibility index (Phi) is 7.35. The van der Waals surface area contributed by atoms with Gasteiger partial charge in [-0.1, -0.05) is 49.9 Å². The lowest BCUT2D eigenvalue weighted by Crippen LogP contribution is -2.43. The standard InChI is InChI=1S/C26H27N5O5S/c1-15(2)13-30-22(27)21(24(34)29(3)26(30)35)19(32)14-37-25-28-17-10-6-5-9-16(17)23(33)31(25)18-11-7-8-12-20(18)36-4/h5-12,15H,13-14,27H2,1-4H3. The van der Waals surface area contributed by atoms with Crippen LogP contribution in [0.4, 0.5) is 5.82 Å². The lowest BCUT2D eigenvalue weighted by molar-refractivity contribution is 0.102. The monoisotopic (exact) mass is 521 g/mol. The highest BCUT2D eigenvalue weighted by atomic mass is 32.2. The summed E-state index contributed by atoms with van der Waals surface area (Å²) in [6.45, 7) is 4.06. The van der Waals surface area contributed by atoms with E-state index < -0.39 is 17.0 Å². The zero-order valence-electron chi connectivity index (χ0n) is 20.9. The van der Waals surface area contributed by atoms with Gasteiger partial charge in [0, 0.05) is 13.6 Å². The Labute approximate surface area is 216 Å². The maximum absolute atomic E-state index is 13.5. The first-order valence-electron chi connectivity index (χ1n) is 11.6. The predicted molar refractivity (Wildman–Crippen MR) is 144 cm³/mol. The molecule has 0 aliphatic carbocycles. The quantitative estimate of drug-likeness (QED) is 0.213. The molecule has 0 amide bonds. The molecule has 10 nitrogen and oxygen atoms in total. The van der Waals surface area contributed by atoms with Crippen LogP contribution in [0.2, 0.25) is 0 Å². The van der Waals surface area contributed by atoms with Crippen LogP contribution in [0.15, 0.2) is 68.1 Å². The number of ketones is 1. The number of Topliss-reactive ketones (excluding diaryl/α,β-unsaturated/α-hetero) is 1. The number of nitrogens with two attached hydrogens (primary N) is 1. The van der Waals surface area contributed by atoms with Crippen molar-refractivity contribution in [3.63, 3.8) is 0 Å². The number of rotatable bonds is 8. The molecule has 4 rings (SSSR count). The molecule has 2 aromatic carbocycles. The summed E-state index contributed by atoms with van der Waals surface area (Å²) in [5.41, 5.74) is 5.16. The molecule has 2 N–H and O–H groups in total. The van der Waals surface area contributed by atoms with E-state index in [1.54, 1.807) is 48.5 Å². The minimum absolute atomic E-state index is 0.0620. The van der Waals surface area contributed by atoms with Crippen LogP contribution in [0.25, 0.3) is 16.6 Å². The molecule has 4 aromatic rings. The number of carbonyl (C=O) groups is 1. The van der Waals surface area contributed by atoms with Crippen LogP contribution in [0.3, 0.4) is 0 Å². The Balaban J connectivity index is 1.81. The first-order valence-corrected chi connectivity index (χ1v) is 12.5. The first-order chi connectivity index (χ1) is 17.6. The largest absolute Gasteiger partial charge is 0.495 e. The van der Waals surface area contributed by atoms with E-state index in [2.05, 4.69) is 4.98 Å². The molecular weight excluding hydrogens is 494 g/mol. The molecule has 0 radical (unpaired) electrons. The molecule has 0 aliphatic rings. The van der Waals surface area contributed by atoms with Crippen molar-refractivity contribution in [1.29, 1.82) is 0 Å². The predicted octanol–water partition coefficient (Wildman–Crippen LogP) is 2.47. The summed E-state index contributed by atoms with van der Waals surface area (Å²) in [5.74, 6) is -0.463. The van der Waals surface area contributed by atoms with Crippen LogP contribution < -0.4 is 27.3 Å². The zero-order valence-corrected chi connectivity index (χ0v) is 21.7. The Hall–Kier alpha value is -4.12. The van der Waals surface area contributed by atoms with E-state index >= 15 is 0 Å². The highest BCUT2D eigenvalue weighted by Crippen LogP contribution is 2.27. The van der Waals surface area contributed by atoms with Gasteiger partial charge in [-0.3, -0.25) is 28.1 Å². The van der Waals surface area contributed by atoms with Crippen LogP contribution in [0.1, 0.15) is 24.2 Å². The van der Waals surface area contributed by atoms with Gasteiger partial charge in [0.2, 0.25) is 0 Å². The molecule has 2 heterocycles. The summed E-state index contributed by atoms with van der Waals surface area (Å²) in [4.78, 5) is 56.9. The van der Waals surface area contributed by atoms with E-state index in [0.717, 1.165) is 16.3 Å². The van der Waals surface area contributed by atoms with Gasteiger partial charge in [-0.05, 0) is 30.2 Å². The van der Waals surface area contributed by atoms with Gasteiger partial charge in [-0.2, -0.15) is 0 Å². The summed E-state index contributed by atoms with van der Waals surface area (Å²) >= 11 is 0.996. The molecule has 0 unspecified atom stereocenters. The van der Waals surface area contributed by atoms with Crippen molar-refractivity contribution in [2.24, 2.45) is 13.0 Å². The Morgan fingerprint density at radius 2 is 1.73 bits per heavy atom. The minimum atomic E-state index is -0.762. The van der Waals surface area contributed by atoms with Crippen molar-refractivity contribution in [1.82, 2.24) is 18.7 Å². The molecule has 11 heteroatoms. The number of hydrogen-bond acceptors (Lipinski definition) is 8. The molecule has 2 aromatic heterocycles. The van der Waals surface area contributed by atoms with Crippen LogP contribution in [0, 0.1) is 5.92 Å². The van der Waals surface area contributed by atoms with Gasteiger partial charge < -0.3 is 10.5 Å². The van der Waals surface area contributed by atoms with Crippen LogP contribution in [0.5, 0.6) is 5.75 Å². The Morgan fingerprint density at radius 1 is 1.05 bits per heavy atom. The van der Waals surface area contributed by atoms with E-state index in [9.17, 15) is 19.2 Å². The van der Waals surface area contributed by atoms with Crippen molar-refractivity contribution in [3.8, 4) is 11.4 Å². The number of aromatic nitrogens is 4. The number of benzene rings is 2. The van der Waals surface area contributed by atoms with Gasteiger partial charge in [-0.25, -0.2) is 9.78 Å². The summed E-state index contributed by atoms with van der Waals surface area (Å²) in [6.07, 6.45) is 0. The Bertz CT molecular complexity index is 1690. The number of nitrogen functional groups attached to an aromatic ring is 1. The number of nitrogens with zero attached hydrogens (tertiary/aromatic N) is 4. The third-order valence-electron chi connectivity index (χ3n) is 5.81. The second kappa shape index (κ2) is 10.5. The molecular formula is C26H27N5O5S. The van der Waals surface area contributed by atoms with Crippen LogP contribution in [-0.2, 0) is 13.6 Å². The average molecular weight is 522 g/mol. The van der Waals surface area contributed by atoms with Crippen molar-refractivity contribution < 1.29 is 9.53 Å². The molecule has 0 atom stereocenters. The second-order valence-electron chi connectivity index (χ2n) is 8.85. The molecule has 192 valence electrons. The highest BCUT2D eigenvalue weighted by Gasteiger charge is 2.23. The van der Waals surface area contributed by atoms with Gasteiger partial charge in [0.05, 0.1) is 29.5 Å². The van der Waals surface area contributed by atoms with Crippen LogP contribution in [-0.4, -0.2) is 37.3 Å². The first kappa shape index (κ1) is 26.0. The number of para-hydroxylation sites is 3. The fraction of sp³-hybridized carbons (Fsp3) is 0.269. The molecule has 0 spiro atoms. The van der Waals surface area contributed by atoms with E-state index in [-0.39, 0.29) is 40.3 Å². The molecule has 0 saturated heterocycles. The topological polar surface area (TPSA) is 131 Å². The fourth-order valence-corrected chi connectivity index (χ4v) is 4.90. The van der Waals surface area contributed by atoms with Gasteiger partial charge in [0.15, 0.2) is 10.9 Å². The number of hydrogen-bond donors (Lipinski definition) is 1. The molecule has 37 heavy (non-hydrogen) atoms. The molecule has 0 bridgehead atoms. The maximum atomic E-state index is 13.5. The smallest absolute Gasteiger partial charge is 0.332 e. The summed E-state index contributed by atoms with van der Waals surface area (Å²) in [5, 5.41) is 0.649. The zero-order chi connectivity index (χ0) is 26.9. The number of methoxy groups -OCH3 is 1. The molecule has 0 saturated carbocycles. The summed E-state index contributed by atoms with van der Waals surface area (Å²) in [6, 6.07) is 13.9. The van der Waals surface area contributed by atoms with E-state index in [1.165, 1.54) is 23.3 Å². The van der Waals surface area contributed by atoms with Gasteiger partial charge in [0.1, 0.15) is 17.1 Å². The fourth-order valence-electron chi connectivity index (χ4n) is 4.03. The van der Waals surface area contributed by atoms with Gasteiger partial charge in [-0.15, -0.1) is 0 Å². The number of thioether (sulfide) groups is 1. The third-order valence-corrected chi connectivity index (χ3v) is 6.75. The lowest BCUT2D eigenvalue weighted by Gasteiger charge is -2.17. The van der Waals surface area contributed by atoms with E-state index in [1.807, 2.05) is 13.8 Å². The van der Waals surface area contributed by atoms with Crippen molar-refractivity contribution >= 4 is 34.3 Å². The average Bonchev–Trinajstić information content (AvgIpc) is 2.89. The minimum Gasteiger partial charge on any atom is -0.495 e. The normalized spacial score (nSPS) is 11.3. The summed E-state index contributed by atoms with van der Waals surface area (Å²) in [7, 11) is 2.81. The third kappa shape index (κ3) is 4.82. The van der Waals surface area contributed by atoms with Gasteiger partial charge >= 0.3 is 5.69 Å². The van der Waals surface area contributed by atoms with Crippen molar-refractivity contribution in [3.05, 3.63) is 85.3 Å². The van der Waals surface area contributed by atoms with Crippen molar-refractivity contribution in [2.45, 2.75) is 25.5 Å². The second-order valence-corrected chi connectivity index (χ2v) is 9.79. The van der Waals surface area contributed by atoms with E-state index in [4.69, 9.17) is 10.5 Å². The number of anilines is 1. The number of fused-ring (bicyclic) bond motifs is 1. The van der Waals surface area contributed by atoms with Crippen LogP contribution >= 0.6 is 11.8 Å². The number of carbonyl (C=O) groups excluding carboxylic acids is 1. The highest BCUT2D eigenvalue weighted by molar-refractivity contribution is 7.99. The molecule has 0 aliphatic heterocycles.